The van der Waals surface area contributed by atoms with Gasteiger partial charge in [-0.2, -0.15) is 0 Å². The lowest BCUT2D eigenvalue weighted by molar-refractivity contribution is 0.441. The van der Waals surface area contributed by atoms with Gasteiger partial charge < -0.3 is 5.32 Å². The number of hydrogen-bond donors (Lipinski definition) is 1. The van der Waals surface area contributed by atoms with Crippen molar-refractivity contribution < 1.29 is 0 Å². The van der Waals surface area contributed by atoms with Gasteiger partial charge in [-0.15, -0.1) is 0 Å². The first kappa shape index (κ1) is 13.5. The molecule has 1 saturated carbocycles. The highest BCUT2D eigenvalue weighted by Crippen LogP contribution is 2.29. The highest BCUT2D eigenvalue weighted by Gasteiger charge is 2.16. The van der Waals surface area contributed by atoms with Crippen molar-refractivity contribution in [2.24, 2.45) is 0 Å². The van der Waals surface area contributed by atoms with Gasteiger partial charge >= 0.3 is 0 Å². The third-order valence-electron chi connectivity index (χ3n) is 3.94. The van der Waals surface area contributed by atoms with Gasteiger partial charge in [0.15, 0.2) is 0 Å². The molecule has 3 nitrogen and oxygen atoms in total. The van der Waals surface area contributed by atoms with Crippen LogP contribution in [0.2, 0.25) is 0 Å². The largest absolute Gasteiger partial charge is 0.316 e. The van der Waals surface area contributed by atoms with Crippen molar-refractivity contribution in [3.05, 3.63) is 23.3 Å². The molecule has 0 atom stereocenters. The molecule has 0 amide bonds. The van der Waals surface area contributed by atoms with E-state index in [2.05, 4.69) is 17.2 Å². The summed E-state index contributed by atoms with van der Waals surface area (Å²) in [4.78, 5) is 9.34. The second-order valence-corrected chi connectivity index (χ2v) is 5.41. The first-order valence-electron chi connectivity index (χ1n) is 7.28. The summed E-state index contributed by atoms with van der Waals surface area (Å²) in [6.07, 6.45) is 11.4. The summed E-state index contributed by atoms with van der Waals surface area (Å²) < 4.78 is 0. The second kappa shape index (κ2) is 6.83. The maximum absolute atomic E-state index is 4.74. The van der Waals surface area contributed by atoms with Crippen molar-refractivity contribution in [2.75, 3.05) is 7.05 Å². The summed E-state index contributed by atoms with van der Waals surface area (Å²) in [6.45, 7) is 2.96. The number of hydrogen-bond acceptors (Lipinski definition) is 3. The van der Waals surface area contributed by atoms with Crippen molar-refractivity contribution >= 4 is 0 Å². The molecule has 1 aliphatic rings. The molecule has 3 heteroatoms. The van der Waals surface area contributed by atoms with Gasteiger partial charge in [0.25, 0.3) is 0 Å². The quantitative estimate of drug-likeness (QED) is 0.890. The van der Waals surface area contributed by atoms with Gasteiger partial charge in [0.05, 0.1) is 0 Å². The Balaban J connectivity index is 2.08. The summed E-state index contributed by atoms with van der Waals surface area (Å²) in [7, 11) is 1.96. The Kier molecular flexibility index (Phi) is 5.12. The molecule has 0 saturated heterocycles. The normalized spacial score (nSPS) is 18.3. The molecular formula is C15H25N3. The van der Waals surface area contributed by atoms with Crippen LogP contribution < -0.4 is 5.32 Å². The van der Waals surface area contributed by atoms with Crippen molar-refractivity contribution in [3.8, 4) is 0 Å². The monoisotopic (exact) mass is 247 g/mol. The number of aromatic nitrogens is 2. The van der Waals surface area contributed by atoms with E-state index in [1.807, 2.05) is 13.2 Å². The predicted octanol–water partition coefficient (Wildman–Crippen LogP) is 3.33. The maximum Gasteiger partial charge on any atom is 0.131 e. The topological polar surface area (TPSA) is 37.8 Å². The molecular weight excluding hydrogens is 222 g/mol. The van der Waals surface area contributed by atoms with Gasteiger partial charge in [0, 0.05) is 29.9 Å². The summed E-state index contributed by atoms with van der Waals surface area (Å²) in [6, 6.07) is 0. The Labute approximate surface area is 110 Å². The molecule has 0 aromatic carbocycles. The fourth-order valence-corrected chi connectivity index (χ4v) is 2.79. The highest BCUT2D eigenvalue weighted by molar-refractivity contribution is 5.17. The first-order valence-corrected chi connectivity index (χ1v) is 7.28. The van der Waals surface area contributed by atoms with E-state index >= 15 is 0 Å². The first-order chi connectivity index (χ1) is 8.81. The Morgan fingerprint density at radius 3 is 2.44 bits per heavy atom. The molecule has 1 aromatic rings. The van der Waals surface area contributed by atoms with Crippen LogP contribution in [0.15, 0.2) is 6.20 Å². The van der Waals surface area contributed by atoms with E-state index in [1.165, 1.54) is 50.5 Å². The average molecular weight is 247 g/mol. The van der Waals surface area contributed by atoms with Crippen LogP contribution >= 0.6 is 0 Å². The average Bonchev–Trinajstić information content (AvgIpc) is 2.32. The molecule has 1 N–H and O–H groups in total. The number of nitrogens with zero attached hydrogens (tertiary/aromatic N) is 2. The van der Waals surface area contributed by atoms with E-state index in [-0.39, 0.29) is 0 Å². The zero-order valence-corrected chi connectivity index (χ0v) is 11.7. The smallest absolute Gasteiger partial charge is 0.131 e. The van der Waals surface area contributed by atoms with Gasteiger partial charge in [0.2, 0.25) is 0 Å². The number of aryl methyl sites for hydroxylation is 1. The van der Waals surface area contributed by atoms with Crippen LogP contribution in [-0.4, -0.2) is 17.0 Å². The molecule has 1 aromatic heterocycles. The van der Waals surface area contributed by atoms with Crippen LogP contribution in [-0.2, 0) is 6.54 Å². The molecule has 100 valence electrons. The van der Waals surface area contributed by atoms with E-state index < -0.39 is 0 Å². The van der Waals surface area contributed by atoms with Gasteiger partial charge in [-0.05, 0) is 26.8 Å². The summed E-state index contributed by atoms with van der Waals surface area (Å²) in [5.41, 5.74) is 2.35. The fourth-order valence-electron chi connectivity index (χ4n) is 2.79. The third kappa shape index (κ3) is 3.52. The van der Waals surface area contributed by atoms with E-state index in [9.17, 15) is 0 Å². The van der Waals surface area contributed by atoms with Gasteiger partial charge in [-0.25, -0.2) is 9.97 Å². The molecule has 0 aliphatic heterocycles. The minimum atomic E-state index is 0.590. The molecule has 0 bridgehead atoms. The molecule has 2 rings (SSSR count). The van der Waals surface area contributed by atoms with Gasteiger partial charge in [-0.3, -0.25) is 0 Å². The fraction of sp³-hybridized carbons (Fsp3) is 0.733. The Bertz CT molecular complexity index is 368. The van der Waals surface area contributed by atoms with Crippen LogP contribution in [0.1, 0.15) is 67.9 Å². The SMILES string of the molecule is CNCc1cnc(C2CCCCCCC2)nc1C. The van der Waals surface area contributed by atoms with Crippen molar-refractivity contribution in [3.63, 3.8) is 0 Å². The molecule has 1 aliphatic carbocycles. The summed E-state index contributed by atoms with van der Waals surface area (Å²) in [5.74, 6) is 1.67. The van der Waals surface area contributed by atoms with E-state index in [0.717, 1.165) is 18.1 Å². The maximum atomic E-state index is 4.74. The van der Waals surface area contributed by atoms with Crippen LogP contribution in [0.5, 0.6) is 0 Å². The number of rotatable bonds is 3. The van der Waals surface area contributed by atoms with Crippen LogP contribution in [0, 0.1) is 6.92 Å². The molecule has 1 heterocycles. The van der Waals surface area contributed by atoms with Crippen LogP contribution in [0.3, 0.4) is 0 Å². The zero-order chi connectivity index (χ0) is 12.8. The molecule has 1 fully saturated rings. The molecule has 18 heavy (non-hydrogen) atoms. The van der Waals surface area contributed by atoms with Crippen LogP contribution in [0.4, 0.5) is 0 Å². The second-order valence-electron chi connectivity index (χ2n) is 5.41. The summed E-state index contributed by atoms with van der Waals surface area (Å²) >= 11 is 0. The lowest BCUT2D eigenvalue weighted by atomic mass is 9.90. The van der Waals surface area contributed by atoms with Crippen molar-refractivity contribution in [1.82, 2.24) is 15.3 Å². The Morgan fingerprint density at radius 2 is 1.83 bits per heavy atom. The predicted molar refractivity (Wildman–Crippen MR) is 74.6 cm³/mol. The lowest BCUT2D eigenvalue weighted by Gasteiger charge is -2.19. The highest BCUT2D eigenvalue weighted by atomic mass is 14.9. The molecule has 0 unspecified atom stereocenters. The van der Waals surface area contributed by atoms with Gasteiger partial charge in [0.1, 0.15) is 5.82 Å². The summed E-state index contributed by atoms with van der Waals surface area (Å²) in [5, 5.41) is 3.16. The lowest BCUT2D eigenvalue weighted by Crippen LogP contribution is -2.12. The van der Waals surface area contributed by atoms with Crippen LogP contribution in [0.25, 0.3) is 0 Å². The van der Waals surface area contributed by atoms with E-state index in [0.29, 0.717) is 5.92 Å². The third-order valence-corrected chi connectivity index (χ3v) is 3.94. The van der Waals surface area contributed by atoms with Crippen molar-refractivity contribution in [2.45, 2.75) is 64.3 Å². The number of nitrogens with one attached hydrogen (secondary N) is 1. The minimum Gasteiger partial charge on any atom is -0.316 e. The molecule has 0 radical (unpaired) electrons. The Hall–Kier alpha value is -0.960. The van der Waals surface area contributed by atoms with Crippen molar-refractivity contribution in [1.29, 1.82) is 0 Å². The molecule has 0 spiro atoms. The minimum absolute atomic E-state index is 0.590. The standard InChI is InChI=1S/C15H25N3/c1-12-14(10-16-2)11-17-15(18-12)13-8-6-4-3-5-7-9-13/h11,13,16H,3-10H2,1-2H3. The Morgan fingerprint density at radius 1 is 1.17 bits per heavy atom. The zero-order valence-electron chi connectivity index (χ0n) is 11.7. The van der Waals surface area contributed by atoms with Gasteiger partial charge in [-0.1, -0.05) is 32.1 Å². The van der Waals surface area contributed by atoms with E-state index in [4.69, 9.17) is 4.98 Å². The van der Waals surface area contributed by atoms with E-state index in [1.54, 1.807) is 0 Å².